The second-order valence-electron chi connectivity index (χ2n) is 10.7. The number of amides is 1. The number of benzene rings is 2. The molecular weight excluding hydrogens is 469 g/mol. The van der Waals surface area contributed by atoms with Crippen molar-refractivity contribution in [3.8, 4) is 5.75 Å². The van der Waals surface area contributed by atoms with E-state index in [0.717, 1.165) is 42.8 Å². The van der Waals surface area contributed by atoms with Gasteiger partial charge in [-0.25, -0.2) is 0 Å². The molecule has 2 bridgehead atoms. The summed E-state index contributed by atoms with van der Waals surface area (Å²) >= 11 is 0. The monoisotopic (exact) mass is 498 g/mol. The second kappa shape index (κ2) is 7.83. The molecule has 1 saturated carbocycles. The lowest BCUT2D eigenvalue weighted by atomic mass is 9.48. The number of hydrogen-bond donors (Lipinski definition) is 1. The highest BCUT2D eigenvalue weighted by Crippen LogP contribution is 2.64. The van der Waals surface area contributed by atoms with E-state index in [1.165, 1.54) is 29.8 Å². The zero-order chi connectivity index (χ0) is 25.5. The van der Waals surface area contributed by atoms with E-state index < -0.39 is 22.8 Å². The van der Waals surface area contributed by atoms with Crippen LogP contribution in [-0.2, 0) is 22.8 Å². The number of hydrogen-bond acceptors (Lipinski definition) is 4. The molecule has 2 aromatic rings. The normalized spacial score (nSPS) is 32.8. The van der Waals surface area contributed by atoms with Crippen LogP contribution >= 0.6 is 0 Å². The van der Waals surface area contributed by atoms with Crippen molar-refractivity contribution in [2.75, 3.05) is 20.6 Å². The van der Waals surface area contributed by atoms with Crippen LogP contribution in [0.4, 0.5) is 13.2 Å². The summed E-state index contributed by atoms with van der Waals surface area (Å²) in [6.07, 6.45) is 0.878. The molecule has 36 heavy (non-hydrogen) atoms. The molecule has 6 rings (SSSR count). The van der Waals surface area contributed by atoms with Gasteiger partial charge in [-0.15, -0.1) is 0 Å². The van der Waals surface area contributed by atoms with Crippen molar-refractivity contribution >= 4 is 12.0 Å². The third-order valence-corrected chi connectivity index (χ3v) is 9.10. The molecule has 1 N–H and O–H groups in total. The van der Waals surface area contributed by atoms with Gasteiger partial charge in [0.1, 0.15) is 11.9 Å². The van der Waals surface area contributed by atoms with E-state index in [1.54, 1.807) is 11.9 Å². The topological polar surface area (TPSA) is 53.0 Å². The number of carbonyl (C=O) groups excluding carboxylic acids is 1. The molecule has 5 nitrogen and oxygen atoms in total. The summed E-state index contributed by atoms with van der Waals surface area (Å²) in [5, 5.41) is 12.2. The first kappa shape index (κ1) is 23.6. The van der Waals surface area contributed by atoms with Gasteiger partial charge in [-0.3, -0.25) is 4.79 Å². The zero-order valence-corrected chi connectivity index (χ0v) is 20.3. The first-order chi connectivity index (χ1) is 17.1. The largest absolute Gasteiger partial charge is 0.487 e. The third kappa shape index (κ3) is 3.13. The van der Waals surface area contributed by atoms with Crippen molar-refractivity contribution in [3.05, 3.63) is 70.8 Å². The first-order valence-electron chi connectivity index (χ1n) is 12.4. The maximum Gasteiger partial charge on any atom is 0.416 e. The van der Waals surface area contributed by atoms with E-state index in [1.807, 2.05) is 12.1 Å². The van der Waals surface area contributed by atoms with Crippen molar-refractivity contribution in [1.82, 2.24) is 9.80 Å². The summed E-state index contributed by atoms with van der Waals surface area (Å²) in [5.74, 6) is 0.564. The van der Waals surface area contributed by atoms with Gasteiger partial charge < -0.3 is 19.6 Å². The van der Waals surface area contributed by atoms with Gasteiger partial charge in [0.15, 0.2) is 0 Å². The molecule has 2 heterocycles. The number of alkyl halides is 3. The summed E-state index contributed by atoms with van der Waals surface area (Å²) in [6, 6.07) is 10.6. The van der Waals surface area contributed by atoms with Crippen LogP contribution in [0.1, 0.15) is 41.5 Å². The van der Waals surface area contributed by atoms with Crippen LogP contribution in [-0.4, -0.2) is 65.2 Å². The maximum absolute atomic E-state index is 13.2. The maximum atomic E-state index is 13.2. The molecule has 0 unspecified atom stereocenters. The van der Waals surface area contributed by atoms with Crippen LogP contribution in [0.5, 0.6) is 5.75 Å². The molecule has 2 aromatic carbocycles. The summed E-state index contributed by atoms with van der Waals surface area (Å²) in [6.45, 7) is 0.846. The minimum absolute atomic E-state index is 0.000256. The summed E-state index contributed by atoms with van der Waals surface area (Å²) in [7, 11) is 3.82. The SMILES string of the molecule is CN1CC[C@]23c4c5cccc4O[C@H]2[C@@H](N(C)C(=O)C=Cc2ccc(C(F)(F)F)cc2)CC[C@@]3(O)[C@H]1C5. The minimum Gasteiger partial charge on any atom is -0.487 e. The predicted octanol–water partition coefficient (Wildman–Crippen LogP) is 4.03. The van der Waals surface area contributed by atoms with Gasteiger partial charge in [0.25, 0.3) is 0 Å². The highest BCUT2D eigenvalue weighted by molar-refractivity contribution is 5.92. The van der Waals surface area contributed by atoms with Gasteiger partial charge >= 0.3 is 6.18 Å². The summed E-state index contributed by atoms with van der Waals surface area (Å²) < 4.78 is 45.1. The fourth-order valence-electron chi connectivity index (χ4n) is 7.33. The smallest absolute Gasteiger partial charge is 0.416 e. The highest BCUT2D eigenvalue weighted by Gasteiger charge is 2.72. The third-order valence-electron chi connectivity index (χ3n) is 9.10. The molecular formula is C28H29F3N2O3. The summed E-state index contributed by atoms with van der Waals surface area (Å²) in [5.41, 5.74) is 0.629. The Balaban J connectivity index is 1.29. The molecule has 0 aromatic heterocycles. The zero-order valence-electron chi connectivity index (χ0n) is 20.3. The van der Waals surface area contributed by atoms with Crippen LogP contribution in [0.3, 0.4) is 0 Å². The van der Waals surface area contributed by atoms with Crippen molar-refractivity contribution in [2.45, 2.75) is 61.1 Å². The molecule has 4 aliphatic rings. The Kier molecular flexibility index (Phi) is 5.12. The van der Waals surface area contributed by atoms with E-state index in [-0.39, 0.29) is 24.1 Å². The Morgan fingerprint density at radius 2 is 1.94 bits per heavy atom. The number of aliphatic hydroxyl groups is 1. The summed E-state index contributed by atoms with van der Waals surface area (Å²) in [4.78, 5) is 17.1. The fraction of sp³-hybridized carbons (Fsp3) is 0.464. The fourth-order valence-corrected chi connectivity index (χ4v) is 7.33. The van der Waals surface area contributed by atoms with Crippen LogP contribution in [0.2, 0.25) is 0 Å². The van der Waals surface area contributed by atoms with Gasteiger partial charge in [0.05, 0.1) is 22.6 Å². The lowest BCUT2D eigenvalue weighted by Crippen LogP contribution is -2.77. The van der Waals surface area contributed by atoms with E-state index in [2.05, 4.69) is 18.0 Å². The predicted molar refractivity (Wildman–Crippen MR) is 128 cm³/mol. The molecule has 1 amide bonds. The Labute approximate surface area is 208 Å². The van der Waals surface area contributed by atoms with Crippen LogP contribution in [0, 0.1) is 0 Å². The number of halogens is 3. The van der Waals surface area contributed by atoms with Crippen LogP contribution < -0.4 is 4.74 Å². The molecule has 2 aliphatic heterocycles. The quantitative estimate of drug-likeness (QED) is 0.650. The lowest BCUT2D eigenvalue weighted by molar-refractivity contribution is -0.195. The number of rotatable bonds is 3. The van der Waals surface area contributed by atoms with Crippen molar-refractivity contribution < 1.29 is 27.8 Å². The van der Waals surface area contributed by atoms with Crippen LogP contribution in [0.25, 0.3) is 6.08 Å². The van der Waals surface area contributed by atoms with Gasteiger partial charge in [0.2, 0.25) is 5.91 Å². The molecule has 0 radical (unpaired) electrons. The molecule has 2 aliphatic carbocycles. The minimum atomic E-state index is -4.40. The van der Waals surface area contributed by atoms with Crippen molar-refractivity contribution in [3.63, 3.8) is 0 Å². The van der Waals surface area contributed by atoms with Crippen LogP contribution in [0.15, 0.2) is 48.5 Å². The molecule has 5 atom stereocenters. The molecule has 2 fully saturated rings. The lowest BCUT2D eigenvalue weighted by Gasteiger charge is -2.64. The van der Waals surface area contributed by atoms with Gasteiger partial charge in [-0.1, -0.05) is 24.3 Å². The average molecular weight is 499 g/mol. The van der Waals surface area contributed by atoms with Gasteiger partial charge in [-0.2, -0.15) is 13.2 Å². The number of carbonyl (C=O) groups is 1. The van der Waals surface area contributed by atoms with Crippen molar-refractivity contribution in [2.24, 2.45) is 0 Å². The number of piperidine rings is 1. The number of ether oxygens (including phenoxy) is 1. The standard InChI is InChI=1S/C28H29F3N2O3/c1-32-15-14-26-24-18-4-3-5-21(24)36-25(26)20(12-13-27(26,35)22(32)16-18)33(2)23(34)11-8-17-6-9-19(10-7-17)28(29,30)31/h3-11,20,22,25,35H,12-16H2,1-2H3/t20-,22+,25-,26-,27+/m0/s1. The van der Waals surface area contributed by atoms with E-state index in [9.17, 15) is 23.1 Å². The Bertz CT molecular complexity index is 1240. The number of likely N-dealkylation sites (N-methyl/N-ethyl adjacent to an activating group) is 2. The molecule has 1 spiro atoms. The van der Waals surface area contributed by atoms with Gasteiger partial charge in [0, 0.05) is 24.7 Å². The van der Waals surface area contributed by atoms with E-state index in [4.69, 9.17) is 4.74 Å². The first-order valence-corrected chi connectivity index (χ1v) is 12.4. The Hall–Kier alpha value is -2.84. The molecule has 1 saturated heterocycles. The van der Waals surface area contributed by atoms with E-state index in [0.29, 0.717) is 18.4 Å². The highest BCUT2D eigenvalue weighted by atomic mass is 19.4. The van der Waals surface area contributed by atoms with Crippen molar-refractivity contribution in [1.29, 1.82) is 0 Å². The van der Waals surface area contributed by atoms with E-state index >= 15 is 0 Å². The number of likely N-dealkylation sites (tertiary alicyclic amines) is 1. The Morgan fingerprint density at radius 3 is 2.67 bits per heavy atom. The second-order valence-corrected chi connectivity index (χ2v) is 10.7. The molecule has 8 heteroatoms. The van der Waals surface area contributed by atoms with Gasteiger partial charge in [-0.05, 0) is 74.7 Å². The molecule has 190 valence electrons. The average Bonchev–Trinajstić information content (AvgIpc) is 3.19. The Morgan fingerprint density at radius 1 is 1.19 bits per heavy atom. The number of nitrogens with zero attached hydrogens (tertiary/aromatic N) is 2.